The van der Waals surface area contributed by atoms with E-state index in [1.807, 2.05) is 10.6 Å². The Hall–Kier alpha value is -2.75. The largest absolute Gasteiger partial charge is 0.339 e. The molecule has 1 spiro atoms. The Morgan fingerprint density at radius 2 is 1.53 bits per heavy atom. The normalized spacial score (nSPS) is 24.5. The summed E-state index contributed by atoms with van der Waals surface area (Å²) in [6.07, 6.45) is 1.17. The highest BCUT2D eigenvalue weighted by atomic mass is 35.5. The molecule has 7 rings (SSSR count). The SMILES string of the molecule is O=C(N1Cc2cc(Cl)ccc2-n2c(nnc2N2CC3(CN(C(=O)C4(F)CC4)C3)C2)C1)C1(F)CC1. The van der Waals surface area contributed by atoms with Gasteiger partial charge in [-0.1, -0.05) is 11.6 Å². The van der Waals surface area contributed by atoms with Gasteiger partial charge in [-0.15, -0.1) is 10.2 Å². The van der Waals surface area contributed by atoms with Crippen molar-refractivity contribution in [1.29, 1.82) is 0 Å². The van der Waals surface area contributed by atoms with E-state index in [1.165, 1.54) is 4.90 Å². The minimum atomic E-state index is -1.77. The molecule has 4 fully saturated rings. The van der Waals surface area contributed by atoms with Gasteiger partial charge < -0.3 is 14.7 Å². The predicted molar refractivity (Wildman–Crippen MR) is 118 cm³/mol. The zero-order valence-corrected chi connectivity index (χ0v) is 19.2. The van der Waals surface area contributed by atoms with Gasteiger partial charge in [-0.25, -0.2) is 8.78 Å². The molecule has 34 heavy (non-hydrogen) atoms. The standard InChI is InChI=1S/C23H23ClF2N6O2/c24-15-1-2-16-14(7-15)8-29(18(33)22(25)3-4-22)9-17-27-28-20(32(16)17)31-12-21(13-31)10-30(11-21)19(34)23(26)5-6-23/h1-2,7H,3-6,8-13H2. The van der Waals surface area contributed by atoms with Gasteiger partial charge >= 0.3 is 0 Å². The molecule has 2 aliphatic carbocycles. The Labute approximate surface area is 199 Å². The molecule has 3 aliphatic heterocycles. The first-order valence-electron chi connectivity index (χ1n) is 11.6. The van der Waals surface area contributed by atoms with E-state index >= 15 is 0 Å². The number of benzene rings is 1. The van der Waals surface area contributed by atoms with Gasteiger partial charge in [-0.2, -0.15) is 0 Å². The van der Waals surface area contributed by atoms with Crippen LogP contribution in [0.2, 0.25) is 5.02 Å². The van der Waals surface area contributed by atoms with Crippen molar-refractivity contribution >= 4 is 29.4 Å². The first-order valence-corrected chi connectivity index (χ1v) is 12.0. The predicted octanol–water partition coefficient (Wildman–Crippen LogP) is 2.42. The smallest absolute Gasteiger partial charge is 0.260 e. The molecule has 0 radical (unpaired) electrons. The average Bonchev–Trinajstić information content (AvgIpc) is 3.65. The Kier molecular flexibility index (Phi) is 3.92. The number of halogens is 3. The summed E-state index contributed by atoms with van der Waals surface area (Å²) in [5.74, 6) is 0.326. The topological polar surface area (TPSA) is 74.6 Å². The van der Waals surface area contributed by atoms with Crippen LogP contribution < -0.4 is 4.90 Å². The molecule has 2 aromatic rings. The van der Waals surface area contributed by atoms with Gasteiger partial charge in [-0.05, 0) is 49.4 Å². The minimum absolute atomic E-state index is 0.0462. The number of fused-ring (bicyclic) bond motifs is 3. The number of nitrogens with zero attached hydrogens (tertiary/aromatic N) is 6. The third-order valence-electron chi connectivity index (χ3n) is 7.80. The average molecular weight is 489 g/mol. The van der Waals surface area contributed by atoms with E-state index in [1.54, 1.807) is 17.0 Å². The van der Waals surface area contributed by atoms with E-state index in [2.05, 4.69) is 15.1 Å². The summed E-state index contributed by atoms with van der Waals surface area (Å²) >= 11 is 6.25. The van der Waals surface area contributed by atoms with Crippen molar-refractivity contribution in [2.45, 2.75) is 50.1 Å². The molecule has 11 heteroatoms. The van der Waals surface area contributed by atoms with Crippen LogP contribution in [-0.2, 0) is 22.7 Å². The van der Waals surface area contributed by atoms with Crippen LogP contribution in [0.3, 0.4) is 0 Å². The maximum atomic E-state index is 14.6. The molecule has 2 saturated carbocycles. The van der Waals surface area contributed by atoms with Crippen molar-refractivity contribution in [2.75, 3.05) is 31.1 Å². The van der Waals surface area contributed by atoms with Crippen LogP contribution in [0.25, 0.3) is 5.69 Å². The minimum Gasteiger partial charge on any atom is -0.339 e. The van der Waals surface area contributed by atoms with Crippen LogP contribution in [0.15, 0.2) is 18.2 Å². The summed E-state index contributed by atoms with van der Waals surface area (Å²) in [7, 11) is 0. The second-order valence-electron chi connectivity index (χ2n) is 10.6. The lowest BCUT2D eigenvalue weighted by atomic mass is 9.72. The van der Waals surface area contributed by atoms with Crippen molar-refractivity contribution in [2.24, 2.45) is 5.41 Å². The highest BCUT2D eigenvalue weighted by molar-refractivity contribution is 6.30. The van der Waals surface area contributed by atoms with Crippen LogP contribution >= 0.6 is 11.6 Å². The first kappa shape index (κ1) is 20.6. The van der Waals surface area contributed by atoms with E-state index in [4.69, 9.17) is 11.6 Å². The van der Waals surface area contributed by atoms with Gasteiger partial charge in [0, 0.05) is 43.2 Å². The molecule has 8 nitrogen and oxygen atoms in total. The fraction of sp³-hybridized carbons (Fsp3) is 0.565. The molecule has 1 aromatic carbocycles. The number of amides is 2. The number of carbonyl (C=O) groups excluding carboxylic acids is 2. The Morgan fingerprint density at radius 1 is 0.882 bits per heavy atom. The molecule has 0 atom stereocenters. The van der Waals surface area contributed by atoms with E-state index in [0.717, 1.165) is 11.3 Å². The van der Waals surface area contributed by atoms with Gasteiger partial charge in [0.05, 0.1) is 12.2 Å². The molecule has 0 unspecified atom stereocenters. The molecule has 4 heterocycles. The number of likely N-dealkylation sites (tertiary alicyclic amines) is 1. The van der Waals surface area contributed by atoms with Gasteiger partial charge in [0.2, 0.25) is 5.95 Å². The molecule has 178 valence electrons. The quantitative estimate of drug-likeness (QED) is 0.663. The third-order valence-corrected chi connectivity index (χ3v) is 8.03. The maximum Gasteiger partial charge on any atom is 0.260 e. The number of alkyl halides is 2. The first-order chi connectivity index (χ1) is 16.2. The highest BCUT2D eigenvalue weighted by Crippen LogP contribution is 2.48. The zero-order chi connectivity index (χ0) is 23.5. The van der Waals surface area contributed by atoms with Crippen molar-refractivity contribution in [3.63, 3.8) is 0 Å². The number of hydrogen-bond acceptors (Lipinski definition) is 5. The lowest BCUT2D eigenvalue weighted by Crippen LogP contribution is -2.74. The van der Waals surface area contributed by atoms with E-state index in [-0.39, 0.29) is 37.3 Å². The lowest BCUT2D eigenvalue weighted by Gasteiger charge is -2.60. The van der Waals surface area contributed by atoms with Crippen molar-refractivity contribution in [1.82, 2.24) is 24.6 Å². The van der Waals surface area contributed by atoms with Gasteiger partial charge in [0.15, 0.2) is 17.2 Å². The van der Waals surface area contributed by atoms with Crippen LogP contribution in [0, 0.1) is 5.41 Å². The molecule has 0 N–H and O–H groups in total. The summed E-state index contributed by atoms with van der Waals surface area (Å²) in [6.45, 7) is 2.89. The van der Waals surface area contributed by atoms with Crippen LogP contribution in [0.5, 0.6) is 0 Å². The number of aromatic nitrogens is 3. The fourth-order valence-electron chi connectivity index (χ4n) is 5.56. The van der Waals surface area contributed by atoms with Gasteiger partial charge in [0.1, 0.15) is 0 Å². The summed E-state index contributed by atoms with van der Waals surface area (Å²) in [5, 5.41) is 9.31. The molecule has 5 aliphatic rings. The third kappa shape index (κ3) is 2.93. The molecular weight excluding hydrogens is 466 g/mol. The van der Waals surface area contributed by atoms with E-state index in [9.17, 15) is 18.4 Å². The number of hydrogen-bond donors (Lipinski definition) is 0. The van der Waals surface area contributed by atoms with Crippen molar-refractivity contribution in [3.8, 4) is 5.69 Å². The van der Waals surface area contributed by atoms with E-state index in [0.29, 0.717) is 55.8 Å². The lowest BCUT2D eigenvalue weighted by molar-refractivity contribution is -0.152. The zero-order valence-electron chi connectivity index (χ0n) is 18.4. The van der Waals surface area contributed by atoms with Crippen molar-refractivity contribution < 1.29 is 18.4 Å². The van der Waals surface area contributed by atoms with Crippen LogP contribution in [0.1, 0.15) is 37.1 Å². The molecule has 2 amide bonds. The Balaban J connectivity index is 1.15. The van der Waals surface area contributed by atoms with E-state index < -0.39 is 17.2 Å². The monoisotopic (exact) mass is 488 g/mol. The molecule has 0 bridgehead atoms. The second kappa shape index (κ2) is 6.47. The fourth-order valence-corrected chi connectivity index (χ4v) is 5.76. The van der Waals surface area contributed by atoms with Gasteiger partial charge in [0.25, 0.3) is 11.8 Å². The number of rotatable bonds is 3. The van der Waals surface area contributed by atoms with Crippen LogP contribution in [0.4, 0.5) is 14.7 Å². The summed E-state index contributed by atoms with van der Waals surface area (Å²) in [5.41, 5.74) is -1.82. The molecular formula is C23H23ClF2N6O2. The summed E-state index contributed by atoms with van der Waals surface area (Å²) < 4.78 is 30.7. The summed E-state index contributed by atoms with van der Waals surface area (Å²) in [6, 6.07) is 5.45. The number of carbonyl (C=O) groups is 2. The number of anilines is 1. The highest BCUT2D eigenvalue weighted by Gasteiger charge is 2.60. The Morgan fingerprint density at radius 3 is 2.18 bits per heavy atom. The van der Waals surface area contributed by atoms with Crippen LogP contribution in [-0.4, -0.2) is 73.9 Å². The summed E-state index contributed by atoms with van der Waals surface area (Å²) in [4.78, 5) is 30.3. The Bertz CT molecular complexity index is 1240. The maximum absolute atomic E-state index is 14.6. The molecule has 2 saturated heterocycles. The second-order valence-corrected chi connectivity index (χ2v) is 11.1. The molecule has 1 aromatic heterocycles. The van der Waals surface area contributed by atoms with Crippen molar-refractivity contribution in [3.05, 3.63) is 34.6 Å². The van der Waals surface area contributed by atoms with Gasteiger partial charge in [-0.3, -0.25) is 14.2 Å².